The van der Waals surface area contributed by atoms with Crippen molar-refractivity contribution < 1.29 is 9.47 Å². The number of benzene rings is 2. The van der Waals surface area contributed by atoms with Crippen LogP contribution >= 0.6 is 9.24 Å². The fourth-order valence-corrected chi connectivity index (χ4v) is 3.61. The van der Waals surface area contributed by atoms with Gasteiger partial charge < -0.3 is 19.8 Å². The van der Waals surface area contributed by atoms with Crippen LogP contribution in [0.25, 0.3) is 16.7 Å². The minimum absolute atomic E-state index is 0.882. The van der Waals surface area contributed by atoms with Gasteiger partial charge >= 0.3 is 0 Å². The van der Waals surface area contributed by atoms with Gasteiger partial charge in [0.25, 0.3) is 0 Å². The molecule has 0 amide bonds. The monoisotopic (exact) mass is 480 g/mol. The molecule has 1 atom stereocenters. The van der Waals surface area contributed by atoms with Gasteiger partial charge in [-0.3, -0.25) is 0 Å². The van der Waals surface area contributed by atoms with Crippen molar-refractivity contribution in [3.63, 3.8) is 0 Å². The minimum atomic E-state index is 0.882. The zero-order valence-corrected chi connectivity index (χ0v) is 23.0. The third kappa shape index (κ3) is 8.11. The van der Waals surface area contributed by atoms with Gasteiger partial charge in [-0.2, -0.15) is 0 Å². The largest absolute Gasteiger partial charge is 0.496 e. The number of nitrogens with one attached hydrogen (secondary N) is 2. The average molecular weight is 481 g/mol. The lowest BCUT2D eigenvalue weighted by Crippen LogP contribution is -2.01. The third-order valence-electron chi connectivity index (χ3n) is 5.37. The summed E-state index contributed by atoms with van der Waals surface area (Å²) in [7, 11) is 6.12. The lowest BCUT2D eigenvalue weighted by molar-refractivity contribution is 0.386. The summed E-state index contributed by atoms with van der Waals surface area (Å²) in [6.07, 6.45) is 2.97. The van der Waals surface area contributed by atoms with Crippen LogP contribution in [-0.4, -0.2) is 25.7 Å². The smallest absolute Gasteiger partial charge is 0.127 e. The molecular weight excluding hydrogens is 439 g/mol. The van der Waals surface area contributed by atoms with Crippen LogP contribution in [0, 0.1) is 6.92 Å². The highest BCUT2D eigenvalue weighted by molar-refractivity contribution is 7.22. The van der Waals surface area contributed by atoms with Crippen molar-refractivity contribution in [2.75, 3.05) is 26.1 Å². The normalized spacial score (nSPS) is 10.7. The predicted octanol–water partition coefficient (Wildman–Crippen LogP) is 8.12. The SMILES string of the molecule is C/C(P)=C(\C)c1cc(-c2cccc(C)c2)c[nH]1.C=C.CCNc1cc(OC)c(CC)c(OC)c1. The Morgan fingerprint density at radius 1 is 0.971 bits per heavy atom. The summed E-state index contributed by atoms with van der Waals surface area (Å²) in [6.45, 7) is 17.4. The molecule has 0 aliphatic heterocycles. The zero-order chi connectivity index (χ0) is 25.7. The van der Waals surface area contributed by atoms with Gasteiger partial charge in [-0.25, -0.2) is 0 Å². The number of allylic oxidation sites excluding steroid dienone is 2. The Hall–Kier alpha value is -2.97. The number of hydrogen-bond donors (Lipinski definition) is 2. The highest BCUT2D eigenvalue weighted by Crippen LogP contribution is 2.33. The maximum absolute atomic E-state index is 5.35. The molecule has 2 aromatic carbocycles. The summed E-state index contributed by atoms with van der Waals surface area (Å²) in [5.41, 5.74) is 8.42. The molecule has 0 spiro atoms. The molecular formula is C29H41N2O2P. The summed E-state index contributed by atoms with van der Waals surface area (Å²) < 4.78 is 10.7. The second-order valence-corrected chi connectivity index (χ2v) is 8.59. The molecule has 0 radical (unpaired) electrons. The molecule has 0 aliphatic carbocycles. The van der Waals surface area contributed by atoms with Crippen LogP contribution < -0.4 is 14.8 Å². The maximum atomic E-state index is 5.35. The van der Waals surface area contributed by atoms with Gasteiger partial charge in [-0.15, -0.1) is 22.4 Å². The molecule has 5 heteroatoms. The third-order valence-corrected chi connectivity index (χ3v) is 5.81. The molecule has 0 saturated heterocycles. The first kappa shape index (κ1) is 29.1. The van der Waals surface area contributed by atoms with Crippen LogP contribution in [0.2, 0.25) is 0 Å². The van der Waals surface area contributed by atoms with E-state index in [1.807, 2.05) is 12.1 Å². The van der Waals surface area contributed by atoms with Crippen LogP contribution in [0.3, 0.4) is 0 Å². The number of rotatable bonds is 7. The number of anilines is 1. The van der Waals surface area contributed by atoms with Crippen molar-refractivity contribution in [2.45, 2.75) is 41.0 Å². The number of ether oxygens (including phenoxy) is 2. The summed E-state index contributed by atoms with van der Waals surface area (Å²) in [6, 6.07) is 14.8. The van der Waals surface area contributed by atoms with Crippen LogP contribution in [0.1, 0.15) is 44.5 Å². The molecule has 0 aliphatic rings. The Bertz CT molecular complexity index is 1040. The number of aryl methyl sites for hydroxylation is 1. The lowest BCUT2D eigenvalue weighted by Gasteiger charge is -2.14. The second-order valence-electron chi connectivity index (χ2n) is 7.72. The van der Waals surface area contributed by atoms with Gasteiger partial charge in [0, 0.05) is 41.8 Å². The van der Waals surface area contributed by atoms with Gasteiger partial charge in [0.1, 0.15) is 11.5 Å². The van der Waals surface area contributed by atoms with E-state index in [0.29, 0.717) is 0 Å². The Morgan fingerprint density at radius 2 is 1.59 bits per heavy atom. The van der Waals surface area contributed by atoms with Gasteiger partial charge in [0.05, 0.1) is 14.2 Å². The van der Waals surface area contributed by atoms with Gasteiger partial charge in [0.15, 0.2) is 0 Å². The van der Waals surface area contributed by atoms with E-state index in [1.54, 1.807) is 14.2 Å². The van der Waals surface area contributed by atoms with Gasteiger partial charge in [-0.1, -0.05) is 42.1 Å². The molecule has 34 heavy (non-hydrogen) atoms. The number of aromatic amines is 1. The van der Waals surface area contributed by atoms with Gasteiger partial charge in [-0.05, 0) is 56.9 Å². The molecule has 4 nitrogen and oxygen atoms in total. The van der Waals surface area contributed by atoms with Crippen molar-refractivity contribution in [1.82, 2.24) is 4.98 Å². The zero-order valence-electron chi connectivity index (χ0n) is 21.8. The maximum Gasteiger partial charge on any atom is 0.127 e. The van der Waals surface area contributed by atoms with Crippen molar-refractivity contribution in [3.05, 3.63) is 84.0 Å². The van der Waals surface area contributed by atoms with E-state index in [9.17, 15) is 0 Å². The molecule has 0 fully saturated rings. The first-order chi connectivity index (χ1) is 16.3. The molecule has 2 N–H and O–H groups in total. The molecule has 0 bridgehead atoms. The highest BCUT2D eigenvalue weighted by Gasteiger charge is 2.10. The quantitative estimate of drug-likeness (QED) is 0.265. The Kier molecular flexibility index (Phi) is 12.8. The molecule has 0 saturated carbocycles. The van der Waals surface area contributed by atoms with Crippen LogP contribution in [0.4, 0.5) is 5.69 Å². The summed E-state index contributed by atoms with van der Waals surface area (Å²) in [5, 5.41) is 4.51. The molecule has 1 unspecified atom stereocenters. The van der Waals surface area contributed by atoms with E-state index in [2.05, 4.69) is 104 Å². The van der Waals surface area contributed by atoms with Crippen LogP contribution in [0.15, 0.2) is 67.1 Å². The van der Waals surface area contributed by atoms with E-state index < -0.39 is 0 Å². The number of H-pyrrole nitrogens is 1. The number of methoxy groups -OCH3 is 2. The molecule has 3 rings (SSSR count). The fraction of sp³-hybridized carbons (Fsp3) is 0.310. The standard InChI is InChI=1S/C15H18NP.C12H19NO2.C2H4/c1-10-5-4-6-13(7-10)14-8-15(16-9-14)11(2)12(3)17;1-5-10-11(14-3)7-9(13-6-2)8-12(10)15-4;1-2/h4-9,16H,17H2,1-3H3;7-8,13H,5-6H2,1-4H3;1-2H2/b12-11-;;. The first-order valence-corrected chi connectivity index (χ1v) is 12.1. The average Bonchev–Trinajstić information content (AvgIpc) is 3.35. The summed E-state index contributed by atoms with van der Waals surface area (Å²) >= 11 is 0. The lowest BCUT2D eigenvalue weighted by atomic mass is 10.1. The Balaban J connectivity index is 0.000000320. The summed E-state index contributed by atoms with van der Waals surface area (Å²) in [4.78, 5) is 3.33. The van der Waals surface area contributed by atoms with E-state index in [0.717, 1.165) is 35.7 Å². The van der Waals surface area contributed by atoms with E-state index >= 15 is 0 Å². The first-order valence-electron chi connectivity index (χ1n) is 11.5. The highest BCUT2D eigenvalue weighted by atomic mass is 31.0. The molecule has 1 aromatic heterocycles. The number of hydrogen-bond acceptors (Lipinski definition) is 3. The fourth-order valence-electron chi connectivity index (χ4n) is 3.45. The van der Waals surface area contributed by atoms with E-state index in [1.165, 1.54) is 33.3 Å². The predicted molar refractivity (Wildman–Crippen MR) is 153 cm³/mol. The van der Waals surface area contributed by atoms with Gasteiger partial charge in [0.2, 0.25) is 0 Å². The topological polar surface area (TPSA) is 46.3 Å². The van der Waals surface area contributed by atoms with Crippen molar-refractivity contribution >= 4 is 20.5 Å². The van der Waals surface area contributed by atoms with Crippen molar-refractivity contribution in [1.29, 1.82) is 0 Å². The van der Waals surface area contributed by atoms with Crippen molar-refractivity contribution in [2.24, 2.45) is 0 Å². The van der Waals surface area contributed by atoms with E-state index in [4.69, 9.17) is 9.47 Å². The Labute approximate surface area is 208 Å². The summed E-state index contributed by atoms with van der Waals surface area (Å²) in [5.74, 6) is 1.76. The van der Waals surface area contributed by atoms with Crippen LogP contribution in [0.5, 0.6) is 11.5 Å². The molecule has 3 aromatic rings. The van der Waals surface area contributed by atoms with E-state index in [-0.39, 0.29) is 0 Å². The minimum Gasteiger partial charge on any atom is -0.496 e. The Morgan fingerprint density at radius 3 is 2.06 bits per heavy atom. The van der Waals surface area contributed by atoms with Crippen LogP contribution in [-0.2, 0) is 6.42 Å². The second kappa shape index (κ2) is 15.0. The number of aromatic nitrogens is 1. The molecule has 1 heterocycles. The van der Waals surface area contributed by atoms with Crippen molar-refractivity contribution in [3.8, 4) is 22.6 Å². The molecule has 184 valence electrons.